The van der Waals surface area contributed by atoms with E-state index in [2.05, 4.69) is 5.16 Å². The molecule has 0 amide bonds. The average molecular weight is 358 g/mol. The molecule has 3 aromatic rings. The van der Waals surface area contributed by atoms with Crippen LogP contribution in [0, 0.1) is 13.8 Å². The third-order valence-electron chi connectivity index (χ3n) is 4.01. The molecule has 0 fully saturated rings. The zero-order chi connectivity index (χ0) is 18.2. The van der Waals surface area contributed by atoms with Crippen molar-refractivity contribution in [1.29, 1.82) is 0 Å². The first-order valence-electron chi connectivity index (χ1n) is 7.68. The zero-order valence-electron chi connectivity index (χ0n) is 14.2. The first kappa shape index (κ1) is 17.2. The lowest BCUT2D eigenvalue weighted by Gasteiger charge is -2.09. The summed E-state index contributed by atoms with van der Waals surface area (Å²) in [6.07, 6.45) is 2.93. The van der Waals surface area contributed by atoms with Crippen LogP contribution in [0.1, 0.15) is 17.0 Å². The molecular weight excluding hydrogens is 340 g/mol. The second kappa shape index (κ2) is 6.33. The molecule has 130 valence electrons. The summed E-state index contributed by atoms with van der Waals surface area (Å²) in [6.45, 7) is 4.03. The fourth-order valence-electron chi connectivity index (χ4n) is 2.74. The van der Waals surface area contributed by atoms with Gasteiger partial charge in [0, 0.05) is 29.6 Å². The van der Waals surface area contributed by atoms with Crippen LogP contribution in [-0.2, 0) is 16.4 Å². The van der Waals surface area contributed by atoms with Crippen LogP contribution in [0.15, 0.2) is 56.8 Å². The maximum Gasteiger partial charge on any atom is 0.250 e. The second-order valence-electron chi connectivity index (χ2n) is 6.00. The normalized spacial score (nSPS) is 11.6. The Morgan fingerprint density at radius 1 is 1.08 bits per heavy atom. The minimum Gasteiger partial charge on any atom is -0.361 e. The van der Waals surface area contributed by atoms with Crippen molar-refractivity contribution in [2.24, 2.45) is 0 Å². The fraction of sp³-hybridized carbons (Fsp3) is 0.222. The number of sulfone groups is 1. The average Bonchev–Trinajstić information content (AvgIpc) is 2.88. The van der Waals surface area contributed by atoms with Crippen LogP contribution in [0.25, 0.3) is 11.1 Å². The number of nitrogens with zero attached hydrogens (tertiary/aromatic N) is 2. The summed E-state index contributed by atoms with van der Waals surface area (Å²) in [5.41, 5.74) is 3.19. The van der Waals surface area contributed by atoms with Crippen molar-refractivity contribution in [1.82, 2.24) is 9.72 Å². The van der Waals surface area contributed by atoms with Crippen molar-refractivity contribution in [3.8, 4) is 11.1 Å². The maximum absolute atomic E-state index is 12.2. The van der Waals surface area contributed by atoms with Crippen LogP contribution < -0.4 is 5.56 Å². The molecule has 0 spiro atoms. The molecule has 0 saturated carbocycles. The molecule has 0 N–H and O–H groups in total. The molecule has 0 aliphatic rings. The van der Waals surface area contributed by atoms with Gasteiger partial charge in [-0.2, -0.15) is 0 Å². The van der Waals surface area contributed by atoms with Crippen molar-refractivity contribution < 1.29 is 12.9 Å². The molecule has 2 heterocycles. The predicted molar refractivity (Wildman–Crippen MR) is 94.3 cm³/mol. The van der Waals surface area contributed by atoms with E-state index in [0.29, 0.717) is 12.3 Å². The van der Waals surface area contributed by atoms with Gasteiger partial charge in [0.1, 0.15) is 5.76 Å². The Morgan fingerprint density at radius 2 is 1.76 bits per heavy atom. The van der Waals surface area contributed by atoms with Gasteiger partial charge in [0.15, 0.2) is 9.84 Å². The van der Waals surface area contributed by atoms with Crippen molar-refractivity contribution >= 4 is 9.84 Å². The third-order valence-corrected chi connectivity index (χ3v) is 5.14. The van der Waals surface area contributed by atoms with Crippen molar-refractivity contribution in [2.75, 3.05) is 6.26 Å². The monoisotopic (exact) mass is 358 g/mol. The standard InChI is InChI=1S/C18H18N2O4S/c1-12-18(13(2)24-19-12)15-6-9-17(21)20(11-15)10-14-4-7-16(8-5-14)25(3,22)23/h4-9,11H,10H2,1-3H3. The third kappa shape index (κ3) is 3.56. The van der Waals surface area contributed by atoms with Gasteiger partial charge < -0.3 is 9.09 Å². The summed E-state index contributed by atoms with van der Waals surface area (Å²) in [4.78, 5) is 12.4. The second-order valence-corrected chi connectivity index (χ2v) is 8.01. The van der Waals surface area contributed by atoms with E-state index in [-0.39, 0.29) is 10.5 Å². The van der Waals surface area contributed by atoms with Gasteiger partial charge in [-0.25, -0.2) is 8.42 Å². The maximum atomic E-state index is 12.2. The number of hydrogen-bond donors (Lipinski definition) is 0. The molecular formula is C18H18N2O4S. The molecule has 0 aliphatic heterocycles. The van der Waals surface area contributed by atoms with Crippen LogP contribution in [0.2, 0.25) is 0 Å². The van der Waals surface area contributed by atoms with E-state index in [9.17, 15) is 13.2 Å². The molecule has 0 atom stereocenters. The summed E-state index contributed by atoms with van der Waals surface area (Å²) in [5.74, 6) is 0.695. The van der Waals surface area contributed by atoms with Gasteiger partial charge in [-0.1, -0.05) is 17.3 Å². The predicted octanol–water partition coefficient (Wildman–Crippen LogP) is 2.57. The zero-order valence-corrected chi connectivity index (χ0v) is 15.0. The largest absolute Gasteiger partial charge is 0.361 e. The number of pyridine rings is 1. The van der Waals surface area contributed by atoms with Crippen molar-refractivity contribution in [3.63, 3.8) is 0 Å². The van der Waals surface area contributed by atoms with E-state index in [1.54, 1.807) is 41.1 Å². The van der Waals surface area contributed by atoms with Gasteiger partial charge in [-0.15, -0.1) is 0 Å². The van der Waals surface area contributed by atoms with Crippen LogP contribution in [0.4, 0.5) is 0 Å². The fourth-order valence-corrected chi connectivity index (χ4v) is 3.37. The van der Waals surface area contributed by atoms with E-state index < -0.39 is 9.84 Å². The number of aromatic nitrogens is 2. The highest BCUT2D eigenvalue weighted by Gasteiger charge is 2.13. The van der Waals surface area contributed by atoms with Crippen LogP contribution in [-0.4, -0.2) is 24.4 Å². The molecule has 0 saturated heterocycles. The number of rotatable bonds is 4. The highest BCUT2D eigenvalue weighted by Crippen LogP contribution is 2.25. The first-order valence-corrected chi connectivity index (χ1v) is 9.57. The Balaban J connectivity index is 1.96. The summed E-state index contributed by atoms with van der Waals surface area (Å²) < 4.78 is 29.8. The molecule has 7 heteroatoms. The van der Waals surface area contributed by atoms with Crippen molar-refractivity contribution in [2.45, 2.75) is 25.3 Å². The van der Waals surface area contributed by atoms with Gasteiger partial charge >= 0.3 is 0 Å². The SMILES string of the molecule is Cc1noc(C)c1-c1ccc(=O)n(Cc2ccc(S(C)(=O)=O)cc2)c1. The molecule has 0 aliphatic carbocycles. The Kier molecular flexibility index (Phi) is 4.34. The number of hydrogen-bond acceptors (Lipinski definition) is 5. The number of aryl methyl sites for hydroxylation is 2. The highest BCUT2D eigenvalue weighted by molar-refractivity contribution is 7.90. The summed E-state index contributed by atoms with van der Waals surface area (Å²) >= 11 is 0. The van der Waals surface area contributed by atoms with Gasteiger partial charge in [0.2, 0.25) is 0 Å². The summed E-state index contributed by atoms with van der Waals surface area (Å²) in [7, 11) is -3.23. The molecule has 1 aromatic carbocycles. The van der Waals surface area contributed by atoms with Crippen LogP contribution >= 0.6 is 0 Å². The van der Waals surface area contributed by atoms with Gasteiger partial charge in [0.25, 0.3) is 5.56 Å². The van der Waals surface area contributed by atoms with E-state index in [1.807, 2.05) is 13.8 Å². The quantitative estimate of drug-likeness (QED) is 0.716. The van der Waals surface area contributed by atoms with Crippen LogP contribution in [0.3, 0.4) is 0 Å². The smallest absolute Gasteiger partial charge is 0.250 e. The Hall–Kier alpha value is -2.67. The molecule has 0 unspecified atom stereocenters. The summed E-state index contributed by atoms with van der Waals surface area (Å²) in [6, 6.07) is 9.78. The molecule has 6 nitrogen and oxygen atoms in total. The van der Waals surface area contributed by atoms with Crippen LogP contribution in [0.5, 0.6) is 0 Å². The first-order chi connectivity index (χ1) is 11.8. The molecule has 25 heavy (non-hydrogen) atoms. The number of benzene rings is 1. The molecule has 2 aromatic heterocycles. The minimum absolute atomic E-state index is 0.136. The minimum atomic E-state index is -3.23. The van der Waals surface area contributed by atoms with E-state index in [4.69, 9.17) is 4.52 Å². The van der Waals surface area contributed by atoms with Gasteiger partial charge in [-0.05, 0) is 37.6 Å². The van der Waals surface area contributed by atoms with E-state index in [0.717, 1.165) is 22.4 Å². The Morgan fingerprint density at radius 3 is 2.32 bits per heavy atom. The molecule has 0 bridgehead atoms. The van der Waals surface area contributed by atoms with Gasteiger partial charge in [0.05, 0.1) is 17.1 Å². The molecule has 3 rings (SSSR count). The Labute approximate surface area is 145 Å². The van der Waals surface area contributed by atoms with E-state index >= 15 is 0 Å². The lowest BCUT2D eigenvalue weighted by molar-refractivity contribution is 0.393. The molecule has 0 radical (unpaired) electrons. The van der Waals surface area contributed by atoms with E-state index in [1.165, 1.54) is 12.3 Å². The highest BCUT2D eigenvalue weighted by atomic mass is 32.2. The van der Waals surface area contributed by atoms with Gasteiger partial charge in [-0.3, -0.25) is 4.79 Å². The summed E-state index contributed by atoms with van der Waals surface area (Å²) in [5, 5.41) is 3.94. The topological polar surface area (TPSA) is 82.2 Å². The Bertz CT molecular complexity index is 1060. The van der Waals surface area contributed by atoms with Crippen molar-refractivity contribution in [3.05, 3.63) is 70.0 Å². The lowest BCUT2D eigenvalue weighted by Crippen LogP contribution is -2.19. The lowest BCUT2D eigenvalue weighted by atomic mass is 10.1.